The van der Waals surface area contributed by atoms with E-state index >= 15 is 0 Å². The van der Waals surface area contributed by atoms with Crippen molar-refractivity contribution in [2.45, 2.75) is 57.3 Å². The van der Waals surface area contributed by atoms with Crippen LogP contribution in [0.4, 0.5) is 23.4 Å². The highest BCUT2D eigenvalue weighted by molar-refractivity contribution is 5.90. The summed E-state index contributed by atoms with van der Waals surface area (Å²) in [6, 6.07) is 1.66. The Morgan fingerprint density at radius 2 is 1.75 bits per heavy atom. The summed E-state index contributed by atoms with van der Waals surface area (Å²) in [4.78, 5) is 11.5. The smallest absolute Gasteiger partial charge is 0.248 e. The molecule has 1 aromatic heterocycles. The molecular formula is C16H23F4N3O. The van der Waals surface area contributed by atoms with Gasteiger partial charge in [0.2, 0.25) is 17.8 Å². The molecule has 1 heterocycles. The maximum atomic E-state index is 12.5. The van der Waals surface area contributed by atoms with Crippen molar-refractivity contribution in [2.75, 3.05) is 5.32 Å². The van der Waals surface area contributed by atoms with Crippen molar-refractivity contribution in [3.8, 4) is 0 Å². The number of amides is 1. The number of carbonyl (C=O) groups excluding carboxylic acids is 1. The van der Waals surface area contributed by atoms with Crippen molar-refractivity contribution < 1.29 is 22.4 Å². The second-order valence-corrected chi connectivity index (χ2v) is 6.76. The lowest BCUT2D eigenvalue weighted by molar-refractivity contribution is -0.129. The molecule has 136 valence electrons. The fourth-order valence-corrected chi connectivity index (χ4v) is 2.96. The minimum Gasteiger partial charge on any atom is -0.311 e. The molecule has 0 saturated heterocycles. The summed E-state index contributed by atoms with van der Waals surface area (Å²) in [5.74, 6) is -4.40. The average Bonchev–Trinajstić information content (AvgIpc) is 2.80. The number of alkyl halides is 4. The first-order valence-electron chi connectivity index (χ1n) is 8.14. The molecule has 0 radical (unpaired) electrons. The highest BCUT2D eigenvalue weighted by Gasteiger charge is 2.45. The molecule has 2 aliphatic carbocycles. The number of nitrogens with one attached hydrogen (secondary N) is 1. The molecule has 0 bridgehead atoms. The zero-order chi connectivity index (χ0) is 18.0. The first-order valence-corrected chi connectivity index (χ1v) is 8.14. The molecule has 1 aromatic rings. The van der Waals surface area contributed by atoms with Crippen LogP contribution < -0.4 is 5.32 Å². The SMILES string of the molecule is CCC1CC(F)(F)C1.Cn1nccc1NC(=O)CC1CC(F)(F)C1. The highest BCUT2D eigenvalue weighted by Crippen LogP contribution is 2.44. The standard InChI is InChI=1S/C10H13F2N3O.C6H10F2/c1-15-8(2-3-13-15)14-9(16)4-7-5-10(11,12)6-7;1-2-5-3-6(7,8)4-5/h2-3,7H,4-6H2,1H3,(H,14,16);5H,2-4H2,1H3. The molecule has 0 atom stereocenters. The molecule has 4 nitrogen and oxygen atoms in total. The molecule has 24 heavy (non-hydrogen) atoms. The summed E-state index contributed by atoms with van der Waals surface area (Å²) in [7, 11) is 1.70. The first-order chi connectivity index (χ1) is 11.1. The molecule has 0 unspecified atom stereocenters. The summed E-state index contributed by atoms with van der Waals surface area (Å²) in [6.07, 6.45) is 2.54. The van der Waals surface area contributed by atoms with Gasteiger partial charge in [-0.15, -0.1) is 0 Å². The lowest BCUT2D eigenvalue weighted by atomic mass is 9.79. The third kappa shape index (κ3) is 5.21. The van der Waals surface area contributed by atoms with Gasteiger partial charge in [-0.1, -0.05) is 13.3 Å². The van der Waals surface area contributed by atoms with E-state index in [1.165, 1.54) is 4.68 Å². The Morgan fingerprint density at radius 3 is 2.12 bits per heavy atom. The molecule has 2 saturated carbocycles. The fourth-order valence-electron chi connectivity index (χ4n) is 2.96. The number of nitrogens with zero attached hydrogens (tertiary/aromatic N) is 2. The summed E-state index contributed by atoms with van der Waals surface area (Å²) in [5, 5.41) is 6.52. The van der Waals surface area contributed by atoms with Gasteiger partial charge in [-0.2, -0.15) is 5.10 Å². The van der Waals surface area contributed by atoms with Crippen LogP contribution in [0.5, 0.6) is 0 Å². The van der Waals surface area contributed by atoms with Gasteiger partial charge in [-0.25, -0.2) is 17.6 Å². The van der Waals surface area contributed by atoms with Gasteiger partial charge in [0.25, 0.3) is 0 Å². The molecule has 0 spiro atoms. The van der Waals surface area contributed by atoms with E-state index in [0.29, 0.717) is 11.7 Å². The van der Waals surface area contributed by atoms with Gasteiger partial charge in [0.05, 0.1) is 6.20 Å². The zero-order valence-electron chi connectivity index (χ0n) is 13.9. The summed E-state index contributed by atoms with van der Waals surface area (Å²) < 4.78 is 50.5. The van der Waals surface area contributed by atoms with Crippen LogP contribution in [-0.2, 0) is 11.8 Å². The van der Waals surface area contributed by atoms with Crippen molar-refractivity contribution in [3.63, 3.8) is 0 Å². The molecule has 2 aliphatic rings. The topological polar surface area (TPSA) is 46.9 Å². The molecule has 2 fully saturated rings. The molecule has 1 amide bonds. The van der Waals surface area contributed by atoms with Crippen LogP contribution >= 0.6 is 0 Å². The third-order valence-corrected chi connectivity index (χ3v) is 4.49. The Morgan fingerprint density at radius 1 is 1.21 bits per heavy atom. The van der Waals surface area contributed by atoms with Crippen molar-refractivity contribution in [2.24, 2.45) is 18.9 Å². The van der Waals surface area contributed by atoms with E-state index in [4.69, 9.17) is 0 Å². The van der Waals surface area contributed by atoms with Crippen molar-refractivity contribution >= 4 is 11.7 Å². The van der Waals surface area contributed by atoms with E-state index in [2.05, 4.69) is 10.4 Å². The van der Waals surface area contributed by atoms with E-state index in [0.717, 1.165) is 6.42 Å². The van der Waals surface area contributed by atoms with Crippen LogP contribution in [0.3, 0.4) is 0 Å². The summed E-state index contributed by atoms with van der Waals surface area (Å²) in [5.41, 5.74) is 0. The van der Waals surface area contributed by atoms with E-state index in [-0.39, 0.29) is 43.9 Å². The van der Waals surface area contributed by atoms with Gasteiger partial charge in [-0.05, 0) is 11.8 Å². The highest BCUT2D eigenvalue weighted by atomic mass is 19.3. The number of aryl methyl sites for hydroxylation is 1. The largest absolute Gasteiger partial charge is 0.311 e. The molecule has 3 rings (SSSR count). The zero-order valence-corrected chi connectivity index (χ0v) is 13.9. The number of hydrogen-bond acceptors (Lipinski definition) is 2. The number of hydrogen-bond donors (Lipinski definition) is 1. The van der Waals surface area contributed by atoms with E-state index in [9.17, 15) is 22.4 Å². The van der Waals surface area contributed by atoms with Crippen LogP contribution in [0.25, 0.3) is 0 Å². The second kappa shape index (κ2) is 7.11. The van der Waals surface area contributed by atoms with Crippen molar-refractivity contribution in [1.29, 1.82) is 0 Å². The van der Waals surface area contributed by atoms with Crippen LogP contribution in [-0.4, -0.2) is 27.5 Å². The maximum Gasteiger partial charge on any atom is 0.248 e. The van der Waals surface area contributed by atoms with Gasteiger partial charge >= 0.3 is 0 Å². The second-order valence-electron chi connectivity index (χ2n) is 6.76. The number of halogens is 4. The Hall–Kier alpha value is -1.60. The summed E-state index contributed by atoms with van der Waals surface area (Å²) >= 11 is 0. The van der Waals surface area contributed by atoms with Crippen LogP contribution in [0.2, 0.25) is 0 Å². The molecule has 0 aromatic carbocycles. The van der Waals surface area contributed by atoms with Crippen LogP contribution in [0, 0.1) is 11.8 Å². The lowest BCUT2D eigenvalue weighted by Gasteiger charge is -2.34. The number of anilines is 1. The van der Waals surface area contributed by atoms with E-state index in [1.54, 1.807) is 19.3 Å². The Balaban J connectivity index is 0.000000219. The third-order valence-electron chi connectivity index (χ3n) is 4.49. The van der Waals surface area contributed by atoms with E-state index < -0.39 is 11.8 Å². The summed E-state index contributed by atoms with van der Waals surface area (Å²) in [6.45, 7) is 1.96. The van der Waals surface area contributed by atoms with Crippen LogP contribution in [0.15, 0.2) is 12.3 Å². The van der Waals surface area contributed by atoms with Crippen LogP contribution in [0.1, 0.15) is 45.4 Å². The maximum absolute atomic E-state index is 12.5. The molecule has 8 heteroatoms. The molecule has 0 aliphatic heterocycles. The van der Waals surface area contributed by atoms with Gasteiger partial charge < -0.3 is 5.32 Å². The Bertz CT molecular complexity index is 557. The Kier molecular flexibility index (Phi) is 5.55. The quantitative estimate of drug-likeness (QED) is 0.827. The lowest BCUT2D eigenvalue weighted by Crippen LogP contribution is -2.37. The van der Waals surface area contributed by atoms with Gasteiger partial charge in [0.15, 0.2) is 0 Å². The number of rotatable bonds is 4. The van der Waals surface area contributed by atoms with Crippen molar-refractivity contribution in [1.82, 2.24) is 9.78 Å². The monoisotopic (exact) mass is 349 g/mol. The molecular weight excluding hydrogens is 326 g/mol. The predicted molar refractivity (Wildman–Crippen MR) is 82.1 cm³/mol. The normalized spacial score (nSPS) is 21.9. The Labute approximate surface area is 138 Å². The minimum absolute atomic E-state index is 0.128. The number of aromatic nitrogens is 2. The predicted octanol–water partition coefficient (Wildman–Crippen LogP) is 4.24. The van der Waals surface area contributed by atoms with E-state index in [1.807, 2.05) is 6.92 Å². The minimum atomic E-state index is -2.56. The molecule has 1 N–H and O–H groups in total. The van der Waals surface area contributed by atoms with Gasteiger partial charge in [0, 0.05) is 45.2 Å². The van der Waals surface area contributed by atoms with Gasteiger partial charge in [0.1, 0.15) is 5.82 Å². The van der Waals surface area contributed by atoms with Gasteiger partial charge in [-0.3, -0.25) is 9.48 Å². The number of carbonyl (C=O) groups is 1. The van der Waals surface area contributed by atoms with Crippen molar-refractivity contribution in [3.05, 3.63) is 12.3 Å². The first kappa shape index (κ1) is 18.7. The fraction of sp³-hybridized carbons (Fsp3) is 0.750. The average molecular weight is 349 g/mol.